The quantitative estimate of drug-likeness (QED) is 0.850. The Labute approximate surface area is 127 Å². The molecule has 0 spiro atoms. The van der Waals surface area contributed by atoms with Gasteiger partial charge in [0.1, 0.15) is 12.3 Å². The predicted octanol–water partition coefficient (Wildman–Crippen LogP) is 2.01. The molecule has 2 aromatic rings. The lowest BCUT2D eigenvalue weighted by Gasteiger charge is -2.00. The second-order valence-electron chi connectivity index (χ2n) is 4.22. The zero-order valence-electron chi connectivity index (χ0n) is 11.8. The summed E-state index contributed by atoms with van der Waals surface area (Å²) in [7, 11) is 0. The summed E-state index contributed by atoms with van der Waals surface area (Å²) in [5, 5.41) is 11.9. The highest BCUT2D eigenvalue weighted by atomic mass is 32.1. The van der Waals surface area contributed by atoms with E-state index in [0.717, 1.165) is 17.0 Å². The van der Waals surface area contributed by atoms with Crippen LogP contribution in [0.1, 0.15) is 33.5 Å². The molecule has 0 aliphatic heterocycles. The van der Waals surface area contributed by atoms with Crippen molar-refractivity contribution in [1.29, 1.82) is 0 Å². The number of aromatic nitrogens is 2. The number of aliphatic hydroxyl groups excluding tert-OH is 1. The van der Waals surface area contributed by atoms with Crippen molar-refractivity contribution in [3.05, 3.63) is 40.2 Å². The summed E-state index contributed by atoms with van der Waals surface area (Å²) >= 11 is 1.46. The van der Waals surface area contributed by atoms with E-state index < -0.39 is 0 Å². The van der Waals surface area contributed by atoms with E-state index in [4.69, 9.17) is 5.11 Å². The van der Waals surface area contributed by atoms with Gasteiger partial charge in [-0.2, -0.15) is 0 Å². The highest BCUT2D eigenvalue weighted by Crippen LogP contribution is 2.22. The number of carbonyl (C=O) groups is 1. The first-order valence-corrected chi connectivity index (χ1v) is 7.29. The molecule has 0 saturated carbocycles. The van der Waals surface area contributed by atoms with Crippen LogP contribution in [0, 0.1) is 18.8 Å². The van der Waals surface area contributed by atoms with E-state index in [2.05, 4.69) is 27.1 Å². The predicted molar refractivity (Wildman–Crippen MR) is 82.4 cm³/mol. The average Bonchev–Trinajstić information content (AvgIpc) is 2.85. The third-order valence-corrected chi connectivity index (χ3v) is 3.68. The van der Waals surface area contributed by atoms with Crippen LogP contribution in [-0.4, -0.2) is 27.6 Å². The van der Waals surface area contributed by atoms with Gasteiger partial charge in [0.15, 0.2) is 5.13 Å². The number of anilines is 1. The summed E-state index contributed by atoms with van der Waals surface area (Å²) in [5.41, 5.74) is 1.95. The van der Waals surface area contributed by atoms with Crippen molar-refractivity contribution >= 4 is 22.4 Å². The number of hydrogen-bond acceptors (Lipinski definition) is 5. The van der Waals surface area contributed by atoms with Crippen LogP contribution >= 0.6 is 11.3 Å². The maximum absolute atomic E-state index is 12.1. The van der Waals surface area contributed by atoms with E-state index in [1.807, 2.05) is 13.8 Å². The zero-order chi connectivity index (χ0) is 15.2. The fraction of sp³-hybridized carbons (Fsp3) is 0.267. The molecule has 1 amide bonds. The molecule has 2 heterocycles. The van der Waals surface area contributed by atoms with Gasteiger partial charge in [0, 0.05) is 16.6 Å². The van der Waals surface area contributed by atoms with Crippen LogP contribution in [0.5, 0.6) is 0 Å². The minimum Gasteiger partial charge on any atom is -0.384 e. The molecule has 21 heavy (non-hydrogen) atoms. The number of thiazole rings is 1. The van der Waals surface area contributed by atoms with Crippen LogP contribution in [0.3, 0.4) is 0 Å². The fourth-order valence-corrected chi connectivity index (χ4v) is 2.61. The number of nitrogens with zero attached hydrogens (tertiary/aromatic N) is 2. The topological polar surface area (TPSA) is 75.1 Å². The van der Waals surface area contributed by atoms with Gasteiger partial charge in [0.2, 0.25) is 0 Å². The van der Waals surface area contributed by atoms with Crippen LogP contribution in [-0.2, 0) is 6.42 Å². The van der Waals surface area contributed by atoms with E-state index >= 15 is 0 Å². The molecule has 0 radical (unpaired) electrons. The number of pyridine rings is 1. The van der Waals surface area contributed by atoms with Gasteiger partial charge in [-0.3, -0.25) is 10.1 Å². The summed E-state index contributed by atoms with van der Waals surface area (Å²) < 4.78 is 0. The molecule has 108 valence electrons. The van der Waals surface area contributed by atoms with Crippen LogP contribution in [0.2, 0.25) is 0 Å². The Hall–Kier alpha value is -2.23. The lowest BCUT2D eigenvalue weighted by molar-refractivity contribution is 0.102. The summed E-state index contributed by atoms with van der Waals surface area (Å²) in [6.07, 6.45) is 2.34. The van der Waals surface area contributed by atoms with Gasteiger partial charge in [-0.15, -0.1) is 11.3 Å². The molecule has 0 aliphatic carbocycles. The Balaban J connectivity index is 2.09. The molecule has 2 N–H and O–H groups in total. The van der Waals surface area contributed by atoms with Crippen LogP contribution in [0.15, 0.2) is 18.3 Å². The summed E-state index contributed by atoms with van der Waals surface area (Å²) in [5.74, 6) is 4.95. The second-order valence-corrected chi connectivity index (χ2v) is 5.42. The molecule has 0 saturated heterocycles. The van der Waals surface area contributed by atoms with E-state index in [9.17, 15) is 4.79 Å². The maximum atomic E-state index is 12.1. The molecule has 0 atom stereocenters. The fourth-order valence-electron chi connectivity index (χ4n) is 1.71. The van der Waals surface area contributed by atoms with Crippen molar-refractivity contribution < 1.29 is 9.90 Å². The smallest absolute Gasteiger partial charge is 0.276 e. The van der Waals surface area contributed by atoms with Crippen molar-refractivity contribution in [1.82, 2.24) is 9.97 Å². The Morgan fingerprint density at radius 3 is 2.86 bits per heavy atom. The van der Waals surface area contributed by atoms with Crippen LogP contribution in [0.4, 0.5) is 5.13 Å². The monoisotopic (exact) mass is 301 g/mol. The van der Waals surface area contributed by atoms with Gasteiger partial charge in [-0.05, 0) is 25.5 Å². The average molecular weight is 301 g/mol. The van der Waals surface area contributed by atoms with E-state index in [-0.39, 0.29) is 12.5 Å². The number of aliphatic hydroxyl groups is 1. The number of carbonyl (C=O) groups excluding carboxylic acids is 1. The summed E-state index contributed by atoms with van der Waals surface area (Å²) in [4.78, 5) is 21.6. The lowest BCUT2D eigenvalue weighted by Crippen LogP contribution is -2.13. The lowest BCUT2D eigenvalue weighted by atomic mass is 10.2. The van der Waals surface area contributed by atoms with E-state index in [0.29, 0.717) is 16.4 Å². The third kappa shape index (κ3) is 3.88. The molecular formula is C15H15N3O2S. The van der Waals surface area contributed by atoms with E-state index in [1.54, 1.807) is 12.1 Å². The Morgan fingerprint density at radius 2 is 2.29 bits per heavy atom. The van der Waals surface area contributed by atoms with Crippen LogP contribution in [0.25, 0.3) is 0 Å². The molecule has 6 heteroatoms. The van der Waals surface area contributed by atoms with Crippen molar-refractivity contribution in [2.45, 2.75) is 20.3 Å². The number of rotatable bonds is 3. The minimum absolute atomic E-state index is 0.203. The molecular weight excluding hydrogens is 286 g/mol. The Kier molecular flexibility index (Phi) is 5.04. The first-order chi connectivity index (χ1) is 10.1. The Morgan fingerprint density at radius 1 is 1.48 bits per heavy atom. The van der Waals surface area contributed by atoms with Gasteiger partial charge in [0.05, 0.1) is 5.69 Å². The number of nitrogens with one attached hydrogen (secondary N) is 1. The first kappa shape index (κ1) is 15.2. The van der Waals surface area contributed by atoms with Crippen molar-refractivity contribution in [3.8, 4) is 11.8 Å². The number of amides is 1. The Bertz CT molecular complexity index is 696. The second kappa shape index (κ2) is 6.97. The minimum atomic E-state index is -0.298. The molecule has 0 fully saturated rings. The summed E-state index contributed by atoms with van der Waals surface area (Å²) in [6, 6.07) is 3.28. The number of hydrogen-bond donors (Lipinski definition) is 2. The highest BCUT2D eigenvalue weighted by molar-refractivity contribution is 7.15. The first-order valence-electron chi connectivity index (χ1n) is 6.47. The van der Waals surface area contributed by atoms with E-state index in [1.165, 1.54) is 17.5 Å². The van der Waals surface area contributed by atoms with Gasteiger partial charge in [-0.25, -0.2) is 9.97 Å². The molecule has 2 rings (SSSR count). The van der Waals surface area contributed by atoms with Gasteiger partial charge >= 0.3 is 0 Å². The number of aryl methyl sites for hydroxylation is 2. The molecule has 0 aliphatic rings. The highest BCUT2D eigenvalue weighted by Gasteiger charge is 2.11. The molecule has 5 nitrogen and oxygen atoms in total. The third-order valence-electron chi connectivity index (χ3n) is 2.76. The summed E-state index contributed by atoms with van der Waals surface area (Å²) in [6.45, 7) is 3.81. The SMILES string of the molecule is CCc1nc(NC(=O)c2ccc(C#CCO)cn2)sc1C. The van der Waals surface area contributed by atoms with Gasteiger partial charge < -0.3 is 5.11 Å². The largest absolute Gasteiger partial charge is 0.384 e. The molecule has 0 aromatic carbocycles. The molecule has 2 aromatic heterocycles. The standard InChI is InChI=1S/C15H15N3O2S/c1-3-12-10(2)21-15(17-12)18-14(20)13-7-6-11(9-16-13)5-4-8-19/h6-7,9,19H,3,8H2,1-2H3,(H,17,18,20). The van der Waals surface area contributed by atoms with Crippen molar-refractivity contribution in [2.75, 3.05) is 11.9 Å². The van der Waals surface area contributed by atoms with Crippen LogP contribution < -0.4 is 5.32 Å². The van der Waals surface area contributed by atoms with Gasteiger partial charge in [0.25, 0.3) is 5.91 Å². The maximum Gasteiger partial charge on any atom is 0.276 e. The van der Waals surface area contributed by atoms with Crippen molar-refractivity contribution in [2.24, 2.45) is 0 Å². The van der Waals surface area contributed by atoms with Crippen molar-refractivity contribution in [3.63, 3.8) is 0 Å². The van der Waals surface area contributed by atoms with Gasteiger partial charge in [-0.1, -0.05) is 18.8 Å². The molecule has 0 unspecified atom stereocenters. The normalized spacial score (nSPS) is 9.86. The zero-order valence-corrected chi connectivity index (χ0v) is 12.6. The molecule has 0 bridgehead atoms.